The Morgan fingerprint density at radius 3 is 2.52 bits per heavy atom. The van der Waals surface area contributed by atoms with E-state index in [9.17, 15) is 9.59 Å². The zero-order valence-electron chi connectivity index (χ0n) is 17.2. The maximum absolute atomic E-state index is 13.3. The number of likely N-dealkylation sites (N-methyl/N-ethyl adjacent to an activating group) is 1. The fourth-order valence-electron chi connectivity index (χ4n) is 3.54. The second-order valence-corrected chi connectivity index (χ2v) is 8.24. The Bertz CT molecular complexity index is 1180. The van der Waals surface area contributed by atoms with E-state index in [1.165, 1.54) is 4.90 Å². The molecule has 6 heteroatoms. The molecule has 31 heavy (non-hydrogen) atoms. The zero-order chi connectivity index (χ0) is 21.6. The number of amides is 2. The largest absolute Gasteiger partial charge is 0.344 e. The van der Waals surface area contributed by atoms with E-state index in [0.717, 1.165) is 21.2 Å². The molecule has 1 N–H and O–H groups in total. The van der Waals surface area contributed by atoms with E-state index in [2.05, 4.69) is 10.3 Å². The van der Waals surface area contributed by atoms with Crippen molar-refractivity contribution >= 4 is 39.1 Å². The minimum absolute atomic E-state index is 0.174. The third kappa shape index (κ3) is 4.98. The number of benzene rings is 2. The van der Waals surface area contributed by atoms with Gasteiger partial charge >= 0.3 is 0 Å². The third-order valence-corrected chi connectivity index (χ3v) is 6.16. The molecular weight excluding hydrogens is 406 g/mol. The number of pyridine rings is 1. The first-order valence-electron chi connectivity index (χ1n) is 10.1. The van der Waals surface area contributed by atoms with Crippen LogP contribution >= 0.6 is 11.3 Å². The van der Waals surface area contributed by atoms with Crippen molar-refractivity contribution in [2.24, 2.45) is 0 Å². The molecule has 0 radical (unpaired) electrons. The summed E-state index contributed by atoms with van der Waals surface area (Å²) in [5.41, 5.74) is 1.96. The molecule has 4 aromatic rings. The van der Waals surface area contributed by atoms with Crippen LogP contribution in [0.4, 0.5) is 5.82 Å². The highest BCUT2D eigenvalue weighted by Gasteiger charge is 2.26. The third-order valence-electron chi connectivity index (χ3n) is 5.15. The molecule has 0 saturated heterocycles. The first kappa shape index (κ1) is 20.8. The first-order chi connectivity index (χ1) is 15.1. The standard InChI is InChI=1S/C25H23N3O2S/c1-28(23-13-7-8-14-26-23)25(30)21(15-18-9-3-2-4-10-18)27-24(29)16-19-17-31-22-12-6-5-11-20(19)22/h2-14,17,21H,15-16H2,1H3,(H,27,29)/t21-/m0/s1. The number of nitrogens with one attached hydrogen (secondary N) is 1. The lowest BCUT2D eigenvalue weighted by molar-refractivity contribution is -0.127. The molecule has 2 heterocycles. The van der Waals surface area contributed by atoms with Crippen LogP contribution in [0, 0.1) is 0 Å². The van der Waals surface area contributed by atoms with Gasteiger partial charge in [-0.1, -0.05) is 54.6 Å². The van der Waals surface area contributed by atoms with Crippen molar-refractivity contribution in [3.63, 3.8) is 0 Å². The molecule has 0 bridgehead atoms. The van der Waals surface area contributed by atoms with Crippen molar-refractivity contribution in [2.75, 3.05) is 11.9 Å². The van der Waals surface area contributed by atoms with Crippen molar-refractivity contribution in [3.8, 4) is 0 Å². The number of aromatic nitrogens is 1. The normalized spacial score (nSPS) is 11.8. The molecule has 2 amide bonds. The number of carbonyl (C=O) groups is 2. The van der Waals surface area contributed by atoms with Gasteiger partial charge in [0.05, 0.1) is 6.42 Å². The Hall–Kier alpha value is -3.51. The van der Waals surface area contributed by atoms with Crippen molar-refractivity contribution in [2.45, 2.75) is 18.9 Å². The number of hydrogen-bond acceptors (Lipinski definition) is 4. The highest BCUT2D eigenvalue weighted by Crippen LogP contribution is 2.26. The number of hydrogen-bond donors (Lipinski definition) is 1. The van der Waals surface area contributed by atoms with Gasteiger partial charge in [-0.3, -0.25) is 14.5 Å². The van der Waals surface area contributed by atoms with Gasteiger partial charge in [-0.05, 0) is 40.1 Å². The minimum atomic E-state index is -0.688. The van der Waals surface area contributed by atoms with E-state index in [1.54, 1.807) is 36.7 Å². The molecule has 1 atom stereocenters. The van der Waals surface area contributed by atoms with Gasteiger partial charge < -0.3 is 5.32 Å². The van der Waals surface area contributed by atoms with E-state index in [1.807, 2.05) is 66.0 Å². The molecule has 0 aliphatic rings. The van der Waals surface area contributed by atoms with Crippen LogP contribution in [-0.4, -0.2) is 29.9 Å². The Balaban J connectivity index is 1.53. The summed E-state index contributed by atoms with van der Waals surface area (Å²) in [6.07, 6.45) is 2.29. The average molecular weight is 430 g/mol. The average Bonchev–Trinajstić information content (AvgIpc) is 3.21. The Morgan fingerprint density at radius 2 is 1.74 bits per heavy atom. The predicted molar refractivity (Wildman–Crippen MR) is 125 cm³/mol. The van der Waals surface area contributed by atoms with E-state index in [4.69, 9.17) is 0 Å². The molecule has 2 aromatic carbocycles. The molecule has 156 valence electrons. The summed E-state index contributed by atoms with van der Waals surface area (Å²) in [5.74, 6) is 0.168. The fraction of sp³-hybridized carbons (Fsp3) is 0.160. The van der Waals surface area contributed by atoms with Crippen LogP contribution < -0.4 is 10.2 Å². The summed E-state index contributed by atoms with van der Waals surface area (Å²) in [5, 5.41) is 6.06. The summed E-state index contributed by atoms with van der Waals surface area (Å²) in [4.78, 5) is 31.9. The van der Waals surface area contributed by atoms with Crippen LogP contribution in [0.3, 0.4) is 0 Å². The highest BCUT2D eigenvalue weighted by molar-refractivity contribution is 7.17. The molecule has 0 fully saturated rings. The lowest BCUT2D eigenvalue weighted by Gasteiger charge is -2.24. The van der Waals surface area contributed by atoms with Crippen LogP contribution in [0.2, 0.25) is 0 Å². The van der Waals surface area contributed by atoms with E-state index >= 15 is 0 Å². The van der Waals surface area contributed by atoms with E-state index < -0.39 is 6.04 Å². The molecular formula is C25H23N3O2S. The van der Waals surface area contributed by atoms with Crippen LogP contribution in [0.15, 0.2) is 84.4 Å². The summed E-state index contributed by atoms with van der Waals surface area (Å²) in [6, 6.07) is 22.5. The number of thiophene rings is 1. The number of rotatable bonds is 7. The van der Waals surface area contributed by atoms with Gasteiger partial charge in [0.1, 0.15) is 11.9 Å². The van der Waals surface area contributed by atoms with E-state index in [0.29, 0.717) is 12.2 Å². The van der Waals surface area contributed by atoms with Crippen molar-refractivity contribution in [3.05, 3.63) is 95.5 Å². The summed E-state index contributed by atoms with van der Waals surface area (Å²) in [7, 11) is 1.68. The molecule has 0 spiro atoms. The quantitative estimate of drug-likeness (QED) is 0.478. The molecule has 4 rings (SSSR count). The lowest BCUT2D eigenvalue weighted by Crippen LogP contribution is -2.49. The molecule has 0 unspecified atom stereocenters. The summed E-state index contributed by atoms with van der Waals surface area (Å²) >= 11 is 1.62. The van der Waals surface area contributed by atoms with Gasteiger partial charge in [0, 0.05) is 24.4 Å². The fourth-order valence-corrected chi connectivity index (χ4v) is 4.50. The summed E-state index contributed by atoms with van der Waals surface area (Å²) in [6.45, 7) is 0. The van der Waals surface area contributed by atoms with Gasteiger partial charge in [0.25, 0.3) is 5.91 Å². The van der Waals surface area contributed by atoms with Crippen molar-refractivity contribution in [1.29, 1.82) is 0 Å². The van der Waals surface area contributed by atoms with Crippen LogP contribution in [0.25, 0.3) is 10.1 Å². The highest BCUT2D eigenvalue weighted by atomic mass is 32.1. The molecule has 0 aliphatic heterocycles. The minimum Gasteiger partial charge on any atom is -0.344 e. The molecule has 0 aliphatic carbocycles. The second kappa shape index (κ2) is 9.53. The molecule has 0 saturated carbocycles. The Labute approximate surface area is 185 Å². The number of anilines is 1. The Kier molecular flexibility index (Phi) is 6.38. The van der Waals surface area contributed by atoms with Gasteiger partial charge in [0.2, 0.25) is 5.91 Å². The van der Waals surface area contributed by atoms with Crippen molar-refractivity contribution in [1.82, 2.24) is 10.3 Å². The lowest BCUT2D eigenvalue weighted by atomic mass is 10.0. The monoisotopic (exact) mass is 429 g/mol. The zero-order valence-corrected chi connectivity index (χ0v) is 18.0. The molecule has 5 nitrogen and oxygen atoms in total. The SMILES string of the molecule is CN(C(=O)[C@H](Cc1ccccc1)NC(=O)Cc1csc2ccccc12)c1ccccn1. The topological polar surface area (TPSA) is 62.3 Å². The summed E-state index contributed by atoms with van der Waals surface area (Å²) < 4.78 is 1.15. The van der Waals surface area contributed by atoms with E-state index in [-0.39, 0.29) is 18.2 Å². The number of nitrogens with zero attached hydrogens (tertiary/aromatic N) is 2. The van der Waals surface area contributed by atoms with Gasteiger partial charge in [-0.2, -0.15) is 0 Å². The van der Waals surface area contributed by atoms with Crippen molar-refractivity contribution < 1.29 is 9.59 Å². The smallest absolute Gasteiger partial charge is 0.250 e. The Morgan fingerprint density at radius 1 is 1.00 bits per heavy atom. The van der Waals surface area contributed by atoms with Crippen LogP contribution in [0.1, 0.15) is 11.1 Å². The predicted octanol–water partition coefficient (Wildman–Crippen LogP) is 4.23. The first-order valence-corrected chi connectivity index (χ1v) is 11.0. The van der Waals surface area contributed by atoms with Gasteiger partial charge in [0.15, 0.2) is 0 Å². The van der Waals surface area contributed by atoms with Gasteiger partial charge in [-0.15, -0.1) is 11.3 Å². The second-order valence-electron chi connectivity index (χ2n) is 7.33. The van der Waals surface area contributed by atoms with Gasteiger partial charge in [-0.25, -0.2) is 4.98 Å². The van der Waals surface area contributed by atoms with Crippen LogP contribution in [0.5, 0.6) is 0 Å². The number of fused-ring (bicyclic) bond motifs is 1. The molecule has 2 aromatic heterocycles. The maximum atomic E-state index is 13.3. The number of carbonyl (C=O) groups excluding carboxylic acids is 2. The van der Waals surface area contributed by atoms with Crippen LogP contribution in [-0.2, 0) is 22.4 Å². The maximum Gasteiger partial charge on any atom is 0.250 e.